The Morgan fingerprint density at radius 2 is 1.88 bits per heavy atom. The highest BCUT2D eigenvalue weighted by Crippen LogP contribution is 2.12. The molecule has 1 amide bonds. The van der Waals surface area contributed by atoms with Crippen LogP contribution in [0.1, 0.15) is 33.1 Å². The van der Waals surface area contributed by atoms with Crippen molar-refractivity contribution >= 4 is 5.91 Å². The first-order valence-electron chi connectivity index (χ1n) is 5.98. The SMILES string of the molecule is CC(C#N)N(C)C(C)C(=O)N1CCCCC1. The molecule has 1 aliphatic rings. The highest BCUT2D eigenvalue weighted by molar-refractivity contribution is 5.81. The van der Waals surface area contributed by atoms with Crippen LogP contribution in [0.25, 0.3) is 0 Å². The van der Waals surface area contributed by atoms with Gasteiger partial charge >= 0.3 is 0 Å². The van der Waals surface area contributed by atoms with Crippen LogP contribution >= 0.6 is 0 Å². The van der Waals surface area contributed by atoms with Crippen LogP contribution in [0, 0.1) is 11.3 Å². The number of likely N-dealkylation sites (N-methyl/N-ethyl adjacent to an activating group) is 1. The molecule has 2 unspecified atom stereocenters. The Hall–Kier alpha value is -1.08. The molecule has 1 heterocycles. The average Bonchev–Trinajstić information content (AvgIpc) is 2.36. The third kappa shape index (κ3) is 2.96. The van der Waals surface area contributed by atoms with Gasteiger partial charge in [0.2, 0.25) is 5.91 Å². The van der Waals surface area contributed by atoms with Gasteiger partial charge in [0.1, 0.15) is 0 Å². The van der Waals surface area contributed by atoms with Crippen LogP contribution in [0.2, 0.25) is 0 Å². The largest absolute Gasteiger partial charge is 0.341 e. The smallest absolute Gasteiger partial charge is 0.239 e. The van der Waals surface area contributed by atoms with Gasteiger partial charge < -0.3 is 4.90 Å². The molecule has 16 heavy (non-hydrogen) atoms. The van der Waals surface area contributed by atoms with E-state index in [1.807, 2.05) is 30.7 Å². The highest BCUT2D eigenvalue weighted by Gasteiger charge is 2.27. The second-order valence-electron chi connectivity index (χ2n) is 4.53. The third-order valence-electron chi connectivity index (χ3n) is 3.43. The zero-order chi connectivity index (χ0) is 12.1. The van der Waals surface area contributed by atoms with Gasteiger partial charge in [0, 0.05) is 13.1 Å². The predicted molar refractivity (Wildman–Crippen MR) is 62.7 cm³/mol. The van der Waals surface area contributed by atoms with E-state index in [1.54, 1.807) is 0 Å². The van der Waals surface area contributed by atoms with Crippen LogP contribution in [0.15, 0.2) is 0 Å². The molecule has 1 saturated heterocycles. The number of nitriles is 1. The van der Waals surface area contributed by atoms with Crippen molar-refractivity contribution < 1.29 is 4.79 Å². The highest BCUT2D eigenvalue weighted by atomic mass is 16.2. The summed E-state index contributed by atoms with van der Waals surface area (Å²) in [5.41, 5.74) is 0. The van der Waals surface area contributed by atoms with Crippen molar-refractivity contribution in [2.24, 2.45) is 0 Å². The number of piperidine rings is 1. The van der Waals surface area contributed by atoms with E-state index in [4.69, 9.17) is 5.26 Å². The summed E-state index contributed by atoms with van der Waals surface area (Å²) < 4.78 is 0. The number of hydrogen-bond donors (Lipinski definition) is 0. The summed E-state index contributed by atoms with van der Waals surface area (Å²) in [5, 5.41) is 8.83. The molecule has 4 nitrogen and oxygen atoms in total. The number of rotatable bonds is 3. The van der Waals surface area contributed by atoms with Crippen LogP contribution in [0.4, 0.5) is 0 Å². The Kier molecular flexibility index (Phi) is 4.75. The molecule has 0 aliphatic carbocycles. The van der Waals surface area contributed by atoms with Crippen LogP contribution in [0.3, 0.4) is 0 Å². The van der Waals surface area contributed by atoms with Crippen LogP contribution in [-0.4, -0.2) is 47.9 Å². The van der Waals surface area contributed by atoms with Gasteiger partial charge in [0.05, 0.1) is 18.2 Å². The zero-order valence-electron chi connectivity index (χ0n) is 10.4. The Balaban J connectivity index is 2.55. The van der Waals surface area contributed by atoms with Crippen molar-refractivity contribution in [1.29, 1.82) is 5.26 Å². The number of carbonyl (C=O) groups excluding carboxylic acids is 1. The summed E-state index contributed by atoms with van der Waals surface area (Å²) in [7, 11) is 1.83. The summed E-state index contributed by atoms with van der Waals surface area (Å²) in [6.07, 6.45) is 3.44. The maximum atomic E-state index is 12.1. The normalized spacial score (nSPS) is 20.3. The fraction of sp³-hybridized carbons (Fsp3) is 0.833. The number of carbonyl (C=O) groups is 1. The van der Waals surface area contributed by atoms with E-state index >= 15 is 0 Å². The van der Waals surface area contributed by atoms with Gasteiger partial charge in [-0.25, -0.2) is 0 Å². The van der Waals surface area contributed by atoms with Crippen molar-refractivity contribution in [3.05, 3.63) is 0 Å². The summed E-state index contributed by atoms with van der Waals surface area (Å²) in [5.74, 6) is 0.157. The summed E-state index contributed by atoms with van der Waals surface area (Å²) >= 11 is 0. The molecule has 0 radical (unpaired) electrons. The molecule has 1 aliphatic heterocycles. The summed E-state index contributed by atoms with van der Waals surface area (Å²) in [4.78, 5) is 15.9. The number of nitrogens with zero attached hydrogens (tertiary/aromatic N) is 3. The van der Waals surface area contributed by atoms with Crippen molar-refractivity contribution in [2.45, 2.75) is 45.2 Å². The first-order chi connectivity index (χ1) is 7.57. The Labute approximate surface area is 97.8 Å². The molecule has 0 saturated carbocycles. The van der Waals surface area contributed by atoms with E-state index in [-0.39, 0.29) is 18.0 Å². The lowest BCUT2D eigenvalue weighted by atomic mass is 10.1. The molecule has 0 aromatic heterocycles. The standard InChI is InChI=1S/C12H21N3O/c1-10(9-13)14(3)11(2)12(16)15-7-5-4-6-8-15/h10-11H,4-8H2,1-3H3. The maximum Gasteiger partial charge on any atom is 0.239 e. The third-order valence-corrected chi connectivity index (χ3v) is 3.43. The van der Waals surface area contributed by atoms with Gasteiger partial charge in [0.15, 0.2) is 0 Å². The summed E-state index contributed by atoms with van der Waals surface area (Å²) in [6, 6.07) is 1.74. The van der Waals surface area contributed by atoms with Gasteiger partial charge in [0.25, 0.3) is 0 Å². The Morgan fingerprint density at radius 1 is 1.31 bits per heavy atom. The van der Waals surface area contributed by atoms with Crippen molar-refractivity contribution in [2.75, 3.05) is 20.1 Å². The predicted octanol–water partition coefficient (Wildman–Crippen LogP) is 1.23. The van der Waals surface area contributed by atoms with E-state index in [0.29, 0.717) is 0 Å². The second-order valence-corrected chi connectivity index (χ2v) is 4.53. The van der Waals surface area contributed by atoms with Gasteiger partial charge in [-0.1, -0.05) is 0 Å². The molecule has 0 spiro atoms. The average molecular weight is 223 g/mol. The zero-order valence-corrected chi connectivity index (χ0v) is 10.4. The van der Waals surface area contributed by atoms with Gasteiger partial charge in [-0.2, -0.15) is 5.26 Å². The maximum absolute atomic E-state index is 12.1. The van der Waals surface area contributed by atoms with Crippen LogP contribution < -0.4 is 0 Å². The Bertz CT molecular complexity index is 278. The molecule has 2 atom stereocenters. The minimum absolute atomic E-state index is 0.157. The lowest BCUT2D eigenvalue weighted by Crippen LogP contribution is -2.49. The molecule has 1 rings (SSSR count). The molecule has 1 fully saturated rings. The summed E-state index contributed by atoms with van der Waals surface area (Å²) in [6.45, 7) is 5.45. The molecule has 0 aromatic carbocycles. The van der Waals surface area contributed by atoms with Gasteiger partial charge in [-0.3, -0.25) is 9.69 Å². The number of likely N-dealkylation sites (tertiary alicyclic amines) is 1. The van der Waals surface area contributed by atoms with E-state index in [1.165, 1.54) is 6.42 Å². The number of amides is 1. The van der Waals surface area contributed by atoms with Crippen molar-refractivity contribution in [3.63, 3.8) is 0 Å². The molecular weight excluding hydrogens is 202 g/mol. The topological polar surface area (TPSA) is 47.3 Å². The number of hydrogen-bond acceptors (Lipinski definition) is 3. The lowest BCUT2D eigenvalue weighted by molar-refractivity contribution is -0.137. The molecule has 0 aromatic rings. The van der Waals surface area contributed by atoms with Crippen LogP contribution in [0.5, 0.6) is 0 Å². The molecule has 0 N–H and O–H groups in total. The Morgan fingerprint density at radius 3 is 2.38 bits per heavy atom. The minimum Gasteiger partial charge on any atom is -0.341 e. The lowest BCUT2D eigenvalue weighted by Gasteiger charge is -2.33. The van der Waals surface area contributed by atoms with E-state index < -0.39 is 0 Å². The molecule has 0 bridgehead atoms. The van der Waals surface area contributed by atoms with Gasteiger partial charge in [-0.05, 0) is 40.2 Å². The second kappa shape index (κ2) is 5.86. The van der Waals surface area contributed by atoms with E-state index in [9.17, 15) is 4.79 Å². The fourth-order valence-electron chi connectivity index (χ4n) is 1.98. The molecule has 4 heteroatoms. The van der Waals surface area contributed by atoms with E-state index in [2.05, 4.69) is 6.07 Å². The van der Waals surface area contributed by atoms with E-state index in [0.717, 1.165) is 25.9 Å². The van der Waals surface area contributed by atoms with Crippen LogP contribution in [-0.2, 0) is 4.79 Å². The molecule has 90 valence electrons. The first kappa shape index (κ1) is 13.0. The van der Waals surface area contributed by atoms with Gasteiger partial charge in [-0.15, -0.1) is 0 Å². The first-order valence-corrected chi connectivity index (χ1v) is 5.98. The minimum atomic E-state index is -0.219. The monoisotopic (exact) mass is 223 g/mol. The quantitative estimate of drug-likeness (QED) is 0.723. The fourth-order valence-corrected chi connectivity index (χ4v) is 1.98. The van der Waals surface area contributed by atoms with Crippen molar-refractivity contribution in [3.8, 4) is 6.07 Å². The van der Waals surface area contributed by atoms with Crippen molar-refractivity contribution in [1.82, 2.24) is 9.80 Å². The molecular formula is C12H21N3O.